The zero-order chi connectivity index (χ0) is 23.6. The molecular weight excluding hydrogens is 439 g/mol. The molecule has 0 amide bonds. The SMILES string of the molecule is CC(C)(C)OC[C@H]1O[C@](n2ccc(=O)[nH]c2=O)([SiH](c2ccccc2)c2ccccc2)C[C@@H]1F. The maximum Gasteiger partial charge on any atom is 0.330 e. The number of aromatic amines is 1. The van der Waals surface area contributed by atoms with Crippen molar-refractivity contribution in [3.05, 3.63) is 93.8 Å². The van der Waals surface area contributed by atoms with E-state index in [1.807, 2.05) is 81.4 Å². The van der Waals surface area contributed by atoms with Crippen LogP contribution in [0.3, 0.4) is 0 Å². The van der Waals surface area contributed by atoms with Crippen LogP contribution in [0.4, 0.5) is 4.39 Å². The maximum absolute atomic E-state index is 15.6. The fourth-order valence-corrected chi connectivity index (χ4v) is 8.36. The van der Waals surface area contributed by atoms with Gasteiger partial charge < -0.3 is 9.47 Å². The second-order valence-corrected chi connectivity index (χ2v) is 12.5. The summed E-state index contributed by atoms with van der Waals surface area (Å²) in [6, 6.07) is 20.9. The van der Waals surface area contributed by atoms with Crippen molar-refractivity contribution in [2.45, 2.75) is 50.4 Å². The molecule has 174 valence electrons. The second kappa shape index (κ2) is 9.21. The van der Waals surface area contributed by atoms with Crippen molar-refractivity contribution in [3.63, 3.8) is 0 Å². The van der Waals surface area contributed by atoms with E-state index < -0.39 is 43.3 Å². The Morgan fingerprint density at radius 3 is 2.15 bits per heavy atom. The first-order chi connectivity index (χ1) is 15.7. The average molecular weight is 469 g/mol. The van der Waals surface area contributed by atoms with E-state index in [0.29, 0.717) is 0 Å². The van der Waals surface area contributed by atoms with Crippen LogP contribution in [0.5, 0.6) is 0 Å². The van der Waals surface area contributed by atoms with Crippen LogP contribution < -0.4 is 21.6 Å². The summed E-state index contributed by atoms with van der Waals surface area (Å²) in [6.07, 6.45) is -0.774. The summed E-state index contributed by atoms with van der Waals surface area (Å²) in [6.45, 7) is 5.77. The van der Waals surface area contributed by atoms with Gasteiger partial charge in [0.15, 0.2) is 8.80 Å². The van der Waals surface area contributed by atoms with Gasteiger partial charge in [0.1, 0.15) is 17.6 Å². The van der Waals surface area contributed by atoms with Crippen molar-refractivity contribution < 1.29 is 13.9 Å². The van der Waals surface area contributed by atoms with E-state index >= 15 is 4.39 Å². The number of halogens is 1. The Morgan fingerprint density at radius 1 is 1.06 bits per heavy atom. The van der Waals surface area contributed by atoms with Crippen LogP contribution in [0, 0.1) is 0 Å². The van der Waals surface area contributed by atoms with Crippen LogP contribution in [0.25, 0.3) is 0 Å². The highest BCUT2D eigenvalue weighted by molar-refractivity contribution is 6.86. The molecule has 0 unspecified atom stereocenters. The number of rotatable bonds is 6. The molecule has 0 radical (unpaired) electrons. The number of nitrogens with zero attached hydrogens (tertiary/aromatic N) is 1. The summed E-state index contributed by atoms with van der Waals surface area (Å²) in [7, 11) is -2.43. The molecule has 0 saturated carbocycles. The third kappa shape index (κ3) is 4.92. The lowest BCUT2D eigenvalue weighted by atomic mass is 10.1. The minimum absolute atomic E-state index is 0.0161. The fourth-order valence-electron chi connectivity index (χ4n) is 4.47. The molecule has 1 fully saturated rings. The summed E-state index contributed by atoms with van der Waals surface area (Å²) in [5.74, 6) is 0. The lowest BCUT2D eigenvalue weighted by molar-refractivity contribution is -0.108. The Hall–Kier alpha value is -2.81. The topological polar surface area (TPSA) is 73.3 Å². The van der Waals surface area contributed by atoms with Gasteiger partial charge in [-0.25, -0.2) is 9.18 Å². The van der Waals surface area contributed by atoms with E-state index in [2.05, 4.69) is 4.98 Å². The van der Waals surface area contributed by atoms with Gasteiger partial charge in [-0.05, 0) is 20.8 Å². The summed E-state index contributed by atoms with van der Waals surface area (Å²) in [5.41, 5.74) is -1.58. The van der Waals surface area contributed by atoms with E-state index in [-0.39, 0.29) is 13.0 Å². The molecule has 1 N–H and O–H groups in total. The second-order valence-electron chi connectivity index (χ2n) is 9.38. The molecule has 2 aromatic carbocycles. The van der Waals surface area contributed by atoms with Gasteiger partial charge in [-0.2, -0.15) is 0 Å². The molecule has 6 nitrogen and oxygen atoms in total. The van der Waals surface area contributed by atoms with Crippen LogP contribution >= 0.6 is 0 Å². The zero-order valence-electron chi connectivity index (χ0n) is 19.0. The highest BCUT2D eigenvalue weighted by Crippen LogP contribution is 2.38. The standard InChI is InChI=1S/C25H29FN2O4Si/c1-24(2,3)31-17-21-20(26)16-25(32-21,28-15-14-22(29)27-23(28)30)33(18-10-6-4-7-11-18)19-12-8-5-9-13-19/h4-15,20-21,33H,16-17H2,1-3H3,(H,27,29,30)/t20-,21+,25-/m0/s1. The van der Waals surface area contributed by atoms with Gasteiger partial charge >= 0.3 is 5.69 Å². The van der Waals surface area contributed by atoms with Gasteiger partial charge in [-0.1, -0.05) is 71.0 Å². The number of benzene rings is 2. The average Bonchev–Trinajstić information content (AvgIpc) is 3.10. The maximum atomic E-state index is 15.6. The van der Waals surface area contributed by atoms with Crippen LogP contribution in [-0.4, -0.2) is 42.8 Å². The predicted octanol–water partition coefficient (Wildman–Crippen LogP) is 1.71. The first kappa shape index (κ1) is 23.3. The quantitative estimate of drug-likeness (QED) is 0.559. The van der Waals surface area contributed by atoms with Gasteiger partial charge in [-0.15, -0.1) is 0 Å². The van der Waals surface area contributed by atoms with Crippen molar-refractivity contribution in [1.82, 2.24) is 9.55 Å². The van der Waals surface area contributed by atoms with E-state index in [4.69, 9.17) is 9.47 Å². The Labute approximate surface area is 193 Å². The van der Waals surface area contributed by atoms with E-state index in [1.165, 1.54) is 16.8 Å². The molecule has 0 spiro atoms. The van der Waals surface area contributed by atoms with E-state index in [1.54, 1.807) is 0 Å². The normalized spacial score (nSPS) is 23.2. The number of aromatic nitrogens is 2. The third-order valence-electron chi connectivity index (χ3n) is 5.88. The van der Waals surface area contributed by atoms with E-state index in [9.17, 15) is 9.59 Å². The predicted molar refractivity (Wildman–Crippen MR) is 129 cm³/mol. The number of ether oxygens (including phenoxy) is 2. The minimum atomic E-state index is -2.43. The largest absolute Gasteiger partial charge is 0.373 e. The highest BCUT2D eigenvalue weighted by Gasteiger charge is 2.55. The molecule has 0 bridgehead atoms. The minimum Gasteiger partial charge on any atom is -0.373 e. The number of hydrogen-bond donors (Lipinski definition) is 1. The van der Waals surface area contributed by atoms with Gasteiger partial charge in [0.2, 0.25) is 0 Å². The Balaban J connectivity index is 1.90. The number of hydrogen-bond acceptors (Lipinski definition) is 4. The Morgan fingerprint density at radius 2 is 1.64 bits per heavy atom. The summed E-state index contributed by atoms with van der Waals surface area (Å²) in [4.78, 5) is 27.2. The van der Waals surface area contributed by atoms with Crippen molar-refractivity contribution in [2.24, 2.45) is 0 Å². The van der Waals surface area contributed by atoms with Gasteiger partial charge in [0.05, 0.1) is 12.2 Å². The molecular formula is C25H29FN2O4Si. The van der Waals surface area contributed by atoms with Gasteiger partial charge in [0.25, 0.3) is 5.56 Å². The Bertz CT molecular complexity index is 1150. The summed E-state index contributed by atoms with van der Waals surface area (Å²) >= 11 is 0. The molecule has 2 heterocycles. The number of nitrogens with one attached hydrogen (secondary N) is 1. The monoisotopic (exact) mass is 468 g/mol. The lowest BCUT2D eigenvalue weighted by Crippen LogP contribution is -2.64. The van der Waals surface area contributed by atoms with Crippen molar-refractivity contribution >= 4 is 19.2 Å². The first-order valence-corrected chi connectivity index (χ1v) is 12.8. The van der Waals surface area contributed by atoms with Gasteiger partial charge in [0, 0.05) is 18.7 Å². The molecule has 1 aromatic heterocycles. The van der Waals surface area contributed by atoms with Crippen LogP contribution in [0.1, 0.15) is 27.2 Å². The van der Waals surface area contributed by atoms with Gasteiger partial charge in [-0.3, -0.25) is 14.3 Å². The molecule has 8 heteroatoms. The summed E-state index contributed by atoms with van der Waals surface area (Å²) < 4.78 is 29.4. The fraction of sp³-hybridized carbons (Fsp3) is 0.360. The molecule has 0 aliphatic carbocycles. The highest BCUT2D eigenvalue weighted by atomic mass is 28.3. The first-order valence-electron chi connectivity index (χ1n) is 11.1. The molecule has 4 rings (SSSR count). The number of H-pyrrole nitrogens is 1. The number of alkyl halides is 1. The van der Waals surface area contributed by atoms with Crippen LogP contribution in [0.15, 0.2) is 82.5 Å². The Kier molecular flexibility index (Phi) is 6.51. The molecule has 3 aromatic rings. The third-order valence-corrected chi connectivity index (χ3v) is 9.53. The molecule has 33 heavy (non-hydrogen) atoms. The van der Waals surface area contributed by atoms with Crippen molar-refractivity contribution in [3.8, 4) is 0 Å². The molecule has 1 aliphatic heterocycles. The van der Waals surface area contributed by atoms with Crippen molar-refractivity contribution in [2.75, 3.05) is 6.61 Å². The zero-order valence-corrected chi connectivity index (χ0v) is 20.2. The smallest absolute Gasteiger partial charge is 0.330 e. The van der Waals surface area contributed by atoms with Crippen LogP contribution in [0.2, 0.25) is 0 Å². The lowest BCUT2D eigenvalue weighted by Gasteiger charge is -2.38. The van der Waals surface area contributed by atoms with Crippen molar-refractivity contribution in [1.29, 1.82) is 0 Å². The molecule has 3 atom stereocenters. The molecule has 1 aliphatic rings. The molecule has 1 saturated heterocycles. The summed E-state index contributed by atoms with van der Waals surface area (Å²) in [5, 5.41) is 0.743. The van der Waals surface area contributed by atoms with Crippen LogP contribution in [-0.2, 0) is 14.8 Å². The van der Waals surface area contributed by atoms with E-state index in [0.717, 1.165) is 10.4 Å².